The number of carbonyl (C=O) groups is 1. The Bertz CT molecular complexity index is 1300. The summed E-state index contributed by atoms with van der Waals surface area (Å²) in [6, 6.07) is 27.7. The number of carbonyl (C=O) groups excluding carboxylic acids is 1. The molecule has 0 saturated heterocycles. The number of nitrogens with zero attached hydrogens (tertiary/aromatic N) is 3. The van der Waals surface area contributed by atoms with Crippen LogP contribution < -0.4 is 9.47 Å². The summed E-state index contributed by atoms with van der Waals surface area (Å²) in [5, 5.41) is 4.84. The molecule has 36 heavy (non-hydrogen) atoms. The summed E-state index contributed by atoms with van der Waals surface area (Å²) >= 11 is 0. The Hall–Kier alpha value is -4.06. The minimum atomic E-state index is 0.0940. The molecular weight excluding hydrogens is 450 g/mol. The number of methoxy groups -OCH3 is 1. The average Bonchev–Trinajstić information content (AvgIpc) is 3.19. The maximum Gasteiger partial charge on any atom is 0.226 e. The predicted molar refractivity (Wildman–Crippen MR) is 140 cm³/mol. The Kier molecular flexibility index (Phi) is 7.03. The minimum Gasteiger partial charge on any atom is -0.497 e. The molecule has 1 saturated carbocycles. The molecule has 0 aliphatic heterocycles. The summed E-state index contributed by atoms with van der Waals surface area (Å²) < 4.78 is 13.4. The third-order valence-electron chi connectivity index (χ3n) is 6.74. The van der Waals surface area contributed by atoms with Gasteiger partial charge in [-0.3, -0.25) is 4.79 Å². The van der Waals surface area contributed by atoms with Gasteiger partial charge in [0.25, 0.3) is 0 Å². The molecule has 1 aliphatic carbocycles. The van der Waals surface area contributed by atoms with Crippen LogP contribution in [0.2, 0.25) is 0 Å². The van der Waals surface area contributed by atoms with Gasteiger partial charge in [0, 0.05) is 25.1 Å². The largest absolute Gasteiger partial charge is 0.497 e. The van der Waals surface area contributed by atoms with Crippen molar-refractivity contribution in [3.63, 3.8) is 0 Å². The van der Waals surface area contributed by atoms with Crippen molar-refractivity contribution in [3.05, 3.63) is 96.1 Å². The van der Waals surface area contributed by atoms with Crippen molar-refractivity contribution in [1.82, 2.24) is 14.7 Å². The first kappa shape index (κ1) is 23.7. The highest BCUT2D eigenvalue weighted by molar-refractivity contribution is 5.80. The summed E-state index contributed by atoms with van der Waals surface area (Å²) in [4.78, 5) is 15.5. The van der Waals surface area contributed by atoms with E-state index in [9.17, 15) is 4.79 Å². The van der Waals surface area contributed by atoms with E-state index in [2.05, 4.69) is 12.1 Å². The van der Waals surface area contributed by atoms with Crippen molar-refractivity contribution in [3.8, 4) is 28.6 Å². The minimum absolute atomic E-state index is 0.0940. The van der Waals surface area contributed by atoms with Crippen LogP contribution in [0.5, 0.6) is 17.4 Å². The molecule has 4 aromatic rings. The summed E-state index contributed by atoms with van der Waals surface area (Å²) in [5.41, 5.74) is 3.81. The van der Waals surface area contributed by atoms with Gasteiger partial charge in [-0.2, -0.15) is 5.10 Å². The second kappa shape index (κ2) is 10.7. The van der Waals surface area contributed by atoms with E-state index in [1.54, 1.807) is 11.8 Å². The smallest absolute Gasteiger partial charge is 0.226 e. The quantitative estimate of drug-likeness (QED) is 0.285. The Balaban J connectivity index is 1.54. The number of hydrogen-bond donors (Lipinski definition) is 0. The monoisotopic (exact) mass is 481 g/mol. The molecule has 0 radical (unpaired) electrons. The molecule has 1 amide bonds. The molecule has 1 aliphatic rings. The number of aryl methyl sites for hydroxylation is 1. The lowest BCUT2D eigenvalue weighted by Crippen LogP contribution is -2.38. The van der Waals surface area contributed by atoms with Gasteiger partial charge in [0.15, 0.2) is 0 Å². The Morgan fingerprint density at radius 3 is 2.17 bits per heavy atom. The zero-order valence-corrected chi connectivity index (χ0v) is 20.8. The zero-order valence-electron chi connectivity index (χ0n) is 20.8. The first-order chi connectivity index (χ1) is 17.6. The molecule has 1 aromatic heterocycles. The fraction of sp³-hybridized carbons (Fsp3) is 0.267. The standard InChI is InChI=1S/C30H31N3O3/c1-32-30(36-26-18-16-25(35-2)17-19-26)27(28(31-32)23-12-7-4-8-13-23)21-33(29(34)24-14-9-15-24)20-22-10-5-3-6-11-22/h3-8,10-13,16-19,24H,9,14-15,20-21H2,1-2H3. The third-order valence-corrected chi connectivity index (χ3v) is 6.74. The Morgan fingerprint density at radius 2 is 1.56 bits per heavy atom. The fourth-order valence-corrected chi connectivity index (χ4v) is 4.53. The predicted octanol–water partition coefficient (Wildman–Crippen LogP) is 6.22. The lowest BCUT2D eigenvalue weighted by Gasteiger charge is -2.32. The van der Waals surface area contributed by atoms with Crippen LogP contribution in [0.15, 0.2) is 84.9 Å². The lowest BCUT2D eigenvalue weighted by molar-refractivity contribution is -0.139. The molecular formula is C30H31N3O3. The van der Waals surface area contributed by atoms with Gasteiger partial charge in [0.05, 0.1) is 19.2 Å². The highest BCUT2D eigenvalue weighted by atomic mass is 16.5. The first-order valence-corrected chi connectivity index (χ1v) is 12.4. The summed E-state index contributed by atoms with van der Waals surface area (Å²) in [6.07, 6.45) is 3.03. The van der Waals surface area contributed by atoms with Gasteiger partial charge >= 0.3 is 0 Å². The van der Waals surface area contributed by atoms with Crippen LogP contribution in [0.4, 0.5) is 0 Å². The van der Waals surface area contributed by atoms with Crippen LogP contribution in [-0.2, 0) is 24.9 Å². The lowest BCUT2D eigenvalue weighted by atomic mass is 9.84. The van der Waals surface area contributed by atoms with Crippen molar-refractivity contribution in [2.45, 2.75) is 32.4 Å². The molecule has 0 unspecified atom stereocenters. The van der Waals surface area contributed by atoms with Crippen molar-refractivity contribution < 1.29 is 14.3 Å². The number of rotatable bonds is 9. The number of hydrogen-bond acceptors (Lipinski definition) is 4. The van der Waals surface area contributed by atoms with E-state index in [1.165, 1.54) is 0 Å². The van der Waals surface area contributed by atoms with E-state index in [1.807, 2.05) is 84.7 Å². The van der Waals surface area contributed by atoms with Gasteiger partial charge in [-0.05, 0) is 42.7 Å². The van der Waals surface area contributed by atoms with Crippen molar-refractivity contribution >= 4 is 5.91 Å². The second-order valence-corrected chi connectivity index (χ2v) is 9.21. The molecule has 0 atom stereocenters. The highest BCUT2D eigenvalue weighted by Gasteiger charge is 2.31. The molecule has 6 nitrogen and oxygen atoms in total. The van der Waals surface area contributed by atoms with Crippen molar-refractivity contribution in [2.24, 2.45) is 13.0 Å². The molecule has 0 bridgehead atoms. The topological polar surface area (TPSA) is 56.6 Å². The Morgan fingerprint density at radius 1 is 0.917 bits per heavy atom. The third kappa shape index (κ3) is 5.13. The van der Waals surface area contributed by atoms with Crippen LogP contribution >= 0.6 is 0 Å². The molecule has 3 aromatic carbocycles. The maximum absolute atomic E-state index is 13.6. The van der Waals surface area contributed by atoms with E-state index < -0.39 is 0 Å². The van der Waals surface area contributed by atoms with E-state index in [4.69, 9.17) is 14.6 Å². The van der Waals surface area contributed by atoms with Crippen LogP contribution in [0.25, 0.3) is 11.3 Å². The number of benzene rings is 3. The molecule has 0 spiro atoms. The van der Waals surface area contributed by atoms with E-state index >= 15 is 0 Å². The fourth-order valence-electron chi connectivity index (χ4n) is 4.53. The molecule has 6 heteroatoms. The second-order valence-electron chi connectivity index (χ2n) is 9.21. The van der Waals surface area contributed by atoms with Gasteiger partial charge in [-0.15, -0.1) is 0 Å². The van der Waals surface area contributed by atoms with Crippen LogP contribution in [0, 0.1) is 5.92 Å². The van der Waals surface area contributed by atoms with Gasteiger partial charge in [0.2, 0.25) is 11.8 Å². The normalized spacial score (nSPS) is 13.2. The number of aromatic nitrogens is 2. The van der Waals surface area contributed by atoms with Gasteiger partial charge in [0.1, 0.15) is 17.2 Å². The number of ether oxygens (including phenoxy) is 2. The van der Waals surface area contributed by atoms with Gasteiger partial charge in [-0.1, -0.05) is 67.1 Å². The zero-order chi connectivity index (χ0) is 24.9. The van der Waals surface area contributed by atoms with E-state index in [0.717, 1.165) is 47.4 Å². The molecule has 1 fully saturated rings. The molecule has 5 rings (SSSR count). The maximum atomic E-state index is 13.6. The van der Waals surface area contributed by atoms with Crippen LogP contribution in [0.1, 0.15) is 30.4 Å². The van der Waals surface area contributed by atoms with E-state index in [-0.39, 0.29) is 11.8 Å². The van der Waals surface area contributed by atoms with Crippen LogP contribution in [-0.4, -0.2) is 27.7 Å². The van der Waals surface area contributed by atoms with Crippen LogP contribution in [0.3, 0.4) is 0 Å². The summed E-state index contributed by atoms with van der Waals surface area (Å²) in [5.74, 6) is 2.36. The highest BCUT2D eigenvalue weighted by Crippen LogP contribution is 2.36. The summed E-state index contributed by atoms with van der Waals surface area (Å²) in [7, 11) is 3.52. The van der Waals surface area contributed by atoms with Crippen molar-refractivity contribution in [2.75, 3.05) is 7.11 Å². The molecule has 1 heterocycles. The number of amides is 1. The van der Waals surface area contributed by atoms with Crippen molar-refractivity contribution in [1.29, 1.82) is 0 Å². The SMILES string of the molecule is COc1ccc(Oc2c(CN(Cc3ccccc3)C(=O)C3CCC3)c(-c3ccccc3)nn2C)cc1. The van der Waals surface area contributed by atoms with E-state index in [0.29, 0.717) is 24.7 Å². The summed E-state index contributed by atoms with van der Waals surface area (Å²) in [6.45, 7) is 0.953. The van der Waals surface area contributed by atoms with Gasteiger partial charge in [-0.25, -0.2) is 4.68 Å². The average molecular weight is 482 g/mol. The Labute approximate surface area is 212 Å². The first-order valence-electron chi connectivity index (χ1n) is 12.4. The molecule has 0 N–H and O–H groups in total. The molecule has 184 valence electrons. The van der Waals surface area contributed by atoms with Gasteiger partial charge < -0.3 is 14.4 Å².